The highest BCUT2D eigenvalue weighted by Gasteiger charge is 2.12. The predicted molar refractivity (Wildman–Crippen MR) is 132 cm³/mol. The van der Waals surface area contributed by atoms with Crippen molar-refractivity contribution in [2.45, 2.75) is 11.8 Å². The summed E-state index contributed by atoms with van der Waals surface area (Å²) in [7, 11) is 0. The van der Waals surface area contributed by atoms with Crippen molar-refractivity contribution in [2.24, 2.45) is 0 Å². The molecule has 0 atom stereocenters. The molecule has 2 N–H and O–H groups in total. The van der Waals surface area contributed by atoms with Gasteiger partial charge in [-0.2, -0.15) is 0 Å². The van der Waals surface area contributed by atoms with Gasteiger partial charge in [-0.15, -0.1) is 23.1 Å². The Kier molecular flexibility index (Phi) is 7.16. The molecule has 0 aliphatic rings. The molecule has 0 fully saturated rings. The van der Waals surface area contributed by atoms with E-state index in [1.165, 1.54) is 47.4 Å². The molecule has 4 rings (SSSR count). The standard InChI is InChI=1S/C25H20FN3O2S2/c1-16-23(17-5-3-2-4-6-17)29-25(33-16)28-22(30)15-32-21-13-11-20(12-14-21)27-24(31)18-7-9-19(26)10-8-18/h2-14H,15H2,1H3,(H,27,31)(H,28,29,30). The number of hydrogen-bond acceptors (Lipinski definition) is 5. The average molecular weight is 478 g/mol. The molecule has 33 heavy (non-hydrogen) atoms. The Morgan fingerprint density at radius 3 is 2.33 bits per heavy atom. The van der Waals surface area contributed by atoms with Crippen molar-refractivity contribution in [3.63, 3.8) is 0 Å². The van der Waals surface area contributed by atoms with Crippen LogP contribution in [0.5, 0.6) is 0 Å². The van der Waals surface area contributed by atoms with E-state index < -0.39 is 5.82 Å². The number of nitrogens with one attached hydrogen (secondary N) is 2. The zero-order chi connectivity index (χ0) is 23.2. The van der Waals surface area contributed by atoms with Crippen LogP contribution in [-0.4, -0.2) is 22.6 Å². The van der Waals surface area contributed by atoms with E-state index in [0.29, 0.717) is 16.4 Å². The average Bonchev–Trinajstić information content (AvgIpc) is 3.19. The monoisotopic (exact) mass is 477 g/mol. The molecule has 0 radical (unpaired) electrons. The first-order chi connectivity index (χ1) is 16.0. The van der Waals surface area contributed by atoms with Crippen LogP contribution in [0.25, 0.3) is 11.3 Å². The number of thiazole rings is 1. The van der Waals surface area contributed by atoms with Gasteiger partial charge in [0.05, 0.1) is 11.4 Å². The number of aromatic nitrogens is 1. The van der Waals surface area contributed by atoms with Crippen molar-refractivity contribution in [1.82, 2.24) is 4.98 Å². The molecule has 0 aliphatic carbocycles. The Hall–Kier alpha value is -3.49. The van der Waals surface area contributed by atoms with Crippen LogP contribution in [0.15, 0.2) is 83.8 Å². The Bertz CT molecular complexity index is 1260. The van der Waals surface area contributed by atoms with Crippen molar-refractivity contribution in [3.05, 3.63) is 95.1 Å². The van der Waals surface area contributed by atoms with Gasteiger partial charge in [-0.05, 0) is 55.5 Å². The number of benzene rings is 3. The van der Waals surface area contributed by atoms with E-state index in [4.69, 9.17) is 0 Å². The molecule has 0 saturated carbocycles. The Balaban J connectivity index is 1.29. The van der Waals surface area contributed by atoms with Gasteiger partial charge in [0.1, 0.15) is 5.82 Å². The van der Waals surface area contributed by atoms with Crippen LogP contribution in [0.1, 0.15) is 15.2 Å². The molecule has 0 unspecified atom stereocenters. The normalized spacial score (nSPS) is 10.6. The number of carbonyl (C=O) groups excluding carboxylic acids is 2. The molecule has 1 heterocycles. The number of amides is 2. The van der Waals surface area contributed by atoms with E-state index in [1.54, 1.807) is 12.1 Å². The molecule has 8 heteroatoms. The van der Waals surface area contributed by atoms with Crippen LogP contribution in [-0.2, 0) is 4.79 Å². The molecular weight excluding hydrogens is 457 g/mol. The molecular formula is C25H20FN3O2S2. The van der Waals surface area contributed by atoms with Crippen molar-refractivity contribution >= 4 is 45.7 Å². The molecule has 0 spiro atoms. The highest BCUT2D eigenvalue weighted by Crippen LogP contribution is 2.30. The second-order valence-corrected chi connectivity index (χ2v) is 9.36. The molecule has 0 aliphatic heterocycles. The lowest BCUT2D eigenvalue weighted by atomic mass is 10.1. The Labute approximate surface area is 199 Å². The van der Waals surface area contributed by atoms with Gasteiger partial charge < -0.3 is 10.6 Å². The first kappa shape index (κ1) is 22.7. The molecule has 0 bridgehead atoms. The van der Waals surface area contributed by atoms with E-state index >= 15 is 0 Å². The summed E-state index contributed by atoms with van der Waals surface area (Å²) in [4.78, 5) is 31.1. The van der Waals surface area contributed by atoms with Crippen molar-refractivity contribution in [3.8, 4) is 11.3 Å². The topological polar surface area (TPSA) is 71.1 Å². The predicted octanol–water partition coefficient (Wildman–Crippen LogP) is 6.24. The van der Waals surface area contributed by atoms with Crippen molar-refractivity contribution < 1.29 is 14.0 Å². The van der Waals surface area contributed by atoms with Crippen LogP contribution in [0.3, 0.4) is 0 Å². The third kappa shape index (κ3) is 6.06. The lowest BCUT2D eigenvalue weighted by Crippen LogP contribution is -2.13. The minimum Gasteiger partial charge on any atom is -0.322 e. The molecule has 166 valence electrons. The molecule has 3 aromatic carbocycles. The third-order valence-corrected chi connectivity index (χ3v) is 6.58. The molecule has 1 aromatic heterocycles. The van der Waals surface area contributed by atoms with Gasteiger partial charge in [0, 0.05) is 26.6 Å². The van der Waals surface area contributed by atoms with Gasteiger partial charge in [0.25, 0.3) is 5.91 Å². The summed E-state index contributed by atoms with van der Waals surface area (Å²) in [5.41, 5.74) is 2.89. The fourth-order valence-electron chi connectivity index (χ4n) is 3.06. The minimum absolute atomic E-state index is 0.137. The first-order valence-electron chi connectivity index (χ1n) is 10.1. The van der Waals surface area contributed by atoms with Gasteiger partial charge in [-0.3, -0.25) is 9.59 Å². The van der Waals surface area contributed by atoms with E-state index in [0.717, 1.165) is 21.0 Å². The van der Waals surface area contributed by atoms with Crippen LogP contribution in [0.4, 0.5) is 15.2 Å². The lowest BCUT2D eigenvalue weighted by Gasteiger charge is -2.07. The fourth-order valence-corrected chi connectivity index (χ4v) is 4.61. The maximum Gasteiger partial charge on any atom is 0.255 e. The van der Waals surface area contributed by atoms with E-state index in [2.05, 4.69) is 15.6 Å². The number of nitrogens with zero attached hydrogens (tertiary/aromatic N) is 1. The maximum atomic E-state index is 13.0. The summed E-state index contributed by atoms with van der Waals surface area (Å²) in [5, 5.41) is 6.21. The summed E-state index contributed by atoms with van der Waals surface area (Å²) >= 11 is 2.84. The SMILES string of the molecule is Cc1sc(NC(=O)CSc2ccc(NC(=O)c3ccc(F)cc3)cc2)nc1-c1ccccc1. The number of anilines is 2. The molecule has 5 nitrogen and oxygen atoms in total. The summed E-state index contributed by atoms with van der Waals surface area (Å²) < 4.78 is 13.0. The number of aryl methyl sites for hydroxylation is 1. The second kappa shape index (κ2) is 10.4. The van der Waals surface area contributed by atoms with E-state index in [1.807, 2.05) is 49.4 Å². The summed E-state index contributed by atoms with van der Waals surface area (Å²) in [5.74, 6) is -0.607. The van der Waals surface area contributed by atoms with Gasteiger partial charge in [-0.1, -0.05) is 30.3 Å². The molecule has 4 aromatic rings. The van der Waals surface area contributed by atoms with Crippen LogP contribution >= 0.6 is 23.1 Å². The van der Waals surface area contributed by atoms with Gasteiger partial charge in [0.15, 0.2) is 5.13 Å². The second-order valence-electron chi connectivity index (χ2n) is 7.11. The number of halogens is 1. The highest BCUT2D eigenvalue weighted by molar-refractivity contribution is 8.00. The van der Waals surface area contributed by atoms with Crippen molar-refractivity contribution in [2.75, 3.05) is 16.4 Å². The Morgan fingerprint density at radius 1 is 0.939 bits per heavy atom. The molecule has 2 amide bonds. The molecule has 0 saturated heterocycles. The van der Waals surface area contributed by atoms with Crippen LogP contribution < -0.4 is 10.6 Å². The largest absolute Gasteiger partial charge is 0.322 e. The first-order valence-corrected chi connectivity index (χ1v) is 11.9. The van der Waals surface area contributed by atoms with Crippen LogP contribution in [0.2, 0.25) is 0 Å². The quantitative estimate of drug-likeness (QED) is 0.309. The van der Waals surface area contributed by atoms with E-state index in [-0.39, 0.29) is 17.6 Å². The summed E-state index contributed by atoms with van der Waals surface area (Å²) in [6, 6.07) is 22.4. The minimum atomic E-state index is -0.390. The van der Waals surface area contributed by atoms with Crippen molar-refractivity contribution in [1.29, 1.82) is 0 Å². The van der Waals surface area contributed by atoms with Crippen LogP contribution in [0, 0.1) is 12.7 Å². The van der Waals surface area contributed by atoms with E-state index in [9.17, 15) is 14.0 Å². The van der Waals surface area contributed by atoms with Gasteiger partial charge in [0.2, 0.25) is 5.91 Å². The summed E-state index contributed by atoms with van der Waals surface area (Å²) in [6.45, 7) is 1.99. The number of thioether (sulfide) groups is 1. The lowest BCUT2D eigenvalue weighted by molar-refractivity contribution is -0.113. The summed E-state index contributed by atoms with van der Waals surface area (Å²) in [6.07, 6.45) is 0. The number of carbonyl (C=O) groups is 2. The number of rotatable bonds is 7. The van der Waals surface area contributed by atoms with Gasteiger partial charge in [-0.25, -0.2) is 9.37 Å². The zero-order valence-electron chi connectivity index (χ0n) is 17.7. The Morgan fingerprint density at radius 2 is 1.64 bits per heavy atom. The smallest absolute Gasteiger partial charge is 0.255 e. The third-order valence-electron chi connectivity index (χ3n) is 4.68. The number of hydrogen-bond donors (Lipinski definition) is 2. The van der Waals surface area contributed by atoms with Gasteiger partial charge >= 0.3 is 0 Å². The highest BCUT2D eigenvalue weighted by atomic mass is 32.2. The zero-order valence-corrected chi connectivity index (χ0v) is 19.3. The maximum absolute atomic E-state index is 13.0. The fraction of sp³-hybridized carbons (Fsp3) is 0.0800.